The molecule has 5 rings (SSSR count). The van der Waals surface area contributed by atoms with Crippen molar-refractivity contribution < 1.29 is 18.9 Å². The highest BCUT2D eigenvalue weighted by Gasteiger charge is 2.39. The van der Waals surface area contributed by atoms with Crippen molar-refractivity contribution in [2.45, 2.75) is 57.3 Å². The molecule has 0 bridgehead atoms. The van der Waals surface area contributed by atoms with Crippen LogP contribution in [0.15, 0.2) is 28.8 Å². The van der Waals surface area contributed by atoms with Crippen LogP contribution in [0.25, 0.3) is 0 Å². The van der Waals surface area contributed by atoms with Crippen molar-refractivity contribution in [3.8, 4) is 0 Å². The van der Waals surface area contributed by atoms with Crippen molar-refractivity contribution in [1.29, 1.82) is 0 Å². The van der Waals surface area contributed by atoms with Crippen molar-refractivity contribution in [2.24, 2.45) is 0 Å². The first-order chi connectivity index (χ1) is 15.6. The summed E-state index contributed by atoms with van der Waals surface area (Å²) in [5.41, 5.74) is 3.46. The van der Waals surface area contributed by atoms with Gasteiger partial charge in [0.05, 0.1) is 12.2 Å². The number of amides is 3. The normalized spacial score (nSPS) is 21.7. The molecule has 4 heterocycles. The average Bonchev–Trinajstić information content (AvgIpc) is 3.40. The number of carbonyl (C=O) groups is 3. The lowest BCUT2D eigenvalue weighted by atomic mass is 9.94. The van der Waals surface area contributed by atoms with Crippen LogP contribution in [0.3, 0.4) is 0 Å². The van der Waals surface area contributed by atoms with Gasteiger partial charge in [0.1, 0.15) is 6.04 Å². The molecule has 168 valence electrons. The maximum Gasteiger partial charge on any atom is 0.255 e. The van der Waals surface area contributed by atoms with Crippen molar-refractivity contribution >= 4 is 17.7 Å². The fourth-order valence-electron chi connectivity index (χ4n) is 4.88. The fraction of sp³-hybridized carbons (Fsp3) is 0.478. The summed E-state index contributed by atoms with van der Waals surface area (Å²) in [6.07, 6.45) is 2.76. The number of hydrogen-bond acceptors (Lipinski definition) is 7. The van der Waals surface area contributed by atoms with Gasteiger partial charge in [-0.25, -0.2) is 0 Å². The molecule has 0 radical (unpaired) electrons. The highest BCUT2D eigenvalue weighted by atomic mass is 16.5. The molecule has 3 amide bonds. The number of aromatic nitrogens is 1. The predicted molar refractivity (Wildman–Crippen MR) is 114 cm³/mol. The largest absolute Gasteiger partial charge is 0.360 e. The van der Waals surface area contributed by atoms with Gasteiger partial charge < -0.3 is 20.1 Å². The number of hydrogen-bond donors (Lipinski definition) is 3. The first-order valence-corrected chi connectivity index (χ1v) is 11.2. The number of benzene rings is 1. The number of piperidine rings is 2. The van der Waals surface area contributed by atoms with Crippen LogP contribution >= 0.6 is 0 Å². The van der Waals surface area contributed by atoms with Crippen LogP contribution in [0.2, 0.25) is 0 Å². The lowest BCUT2D eigenvalue weighted by molar-refractivity contribution is -0.136. The second-order valence-corrected chi connectivity index (χ2v) is 8.70. The molecule has 2 aromatic rings. The summed E-state index contributed by atoms with van der Waals surface area (Å²) in [6.45, 7) is 3.42. The standard InChI is InChI=1S/C23H27N5O4/c29-20-5-4-19(22(30)26-20)28-13-16-3-1-2-15(21(16)23(28)31)11-25-12-17-10-18(27-32-17)14-6-8-24-9-7-14/h1-3,10,14,19,24-25H,4-9,11-13H2,(H,26,29,30). The zero-order valence-electron chi connectivity index (χ0n) is 17.9. The number of nitrogens with zero attached hydrogens (tertiary/aromatic N) is 2. The van der Waals surface area contributed by atoms with Crippen molar-refractivity contribution in [2.75, 3.05) is 13.1 Å². The minimum absolute atomic E-state index is 0.153. The summed E-state index contributed by atoms with van der Waals surface area (Å²) in [5.74, 6) is 0.400. The molecule has 3 aliphatic rings. The lowest BCUT2D eigenvalue weighted by Crippen LogP contribution is -2.52. The highest BCUT2D eigenvalue weighted by Crippen LogP contribution is 2.30. The molecule has 0 aliphatic carbocycles. The molecule has 3 N–H and O–H groups in total. The monoisotopic (exact) mass is 437 g/mol. The third-order valence-corrected chi connectivity index (χ3v) is 6.59. The zero-order chi connectivity index (χ0) is 22.1. The Kier molecular flexibility index (Phi) is 5.75. The summed E-state index contributed by atoms with van der Waals surface area (Å²) < 4.78 is 5.51. The van der Waals surface area contributed by atoms with E-state index in [0.29, 0.717) is 37.5 Å². The number of rotatable bonds is 6. The number of nitrogens with one attached hydrogen (secondary N) is 3. The molecule has 9 nitrogen and oxygen atoms in total. The summed E-state index contributed by atoms with van der Waals surface area (Å²) in [5, 5.41) is 13.3. The van der Waals surface area contributed by atoms with E-state index in [2.05, 4.69) is 21.1 Å². The highest BCUT2D eigenvalue weighted by molar-refractivity contribution is 6.05. The Hall–Kier alpha value is -3.04. The number of carbonyl (C=O) groups excluding carboxylic acids is 3. The fourth-order valence-corrected chi connectivity index (χ4v) is 4.88. The van der Waals surface area contributed by atoms with E-state index in [9.17, 15) is 14.4 Å². The van der Waals surface area contributed by atoms with Crippen LogP contribution in [0.1, 0.15) is 64.5 Å². The van der Waals surface area contributed by atoms with Gasteiger partial charge in [0.2, 0.25) is 11.8 Å². The lowest BCUT2D eigenvalue weighted by Gasteiger charge is -2.29. The number of imide groups is 1. The van der Waals surface area contributed by atoms with Gasteiger partial charge in [-0.1, -0.05) is 23.4 Å². The summed E-state index contributed by atoms with van der Waals surface area (Å²) in [7, 11) is 0. The molecule has 2 fully saturated rings. The number of fused-ring (bicyclic) bond motifs is 1. The Labute approximate surface area is 185 Å². The maximum atomic E-state index is 13.2. The molecule has 0 spiro atoms. The van der Waals surface area contributed by atoms with Gasteiger partial charge in [0.15, 0.2) is 5.76 Å². The van der Waals surface area contributed by atoms with Crippen LogP contribution < -0.4 is 16.0 Å². The van der Waals surface area contributed by atoms with E-state index in [1.54, 1.807) is 4.90 Å². The Morgan fingerprint density at radius 2 is 1.97 bits per heavy atom. The molecule has 1 aromatic carbocycles. The first-order valence-electron chi connectivity index (χ1n) is 11.2. The molecule has 2 saturated heterocycles. The molecule has 32 heavy (non-hydrogen) atoms. The van der Waals surface area contributed by atoms with E-state index in [-0.39, 0.29) is 18.2 Å². The van der Waals surface area contributed by atoms with E-state index >= 15 is 0 Å². The predicted octanol–water partition coefficient (Wildman–Crippen LogP) is 1.19. The van der Waals surface area contributed by atoms with E-state index in [0.717, 1.165) is 48.5 Å². The van der Waals surface area contributed by atoms with Gasteiger partial charge in [0, 0.05) is 37.1 Å². The van der Waals surface area contributed by atoms with Gasteiger partial charge >= 0.3 is 0 Å². The van der Waals surface area contributed by atoms with Crippen molar-refractivity contribution in [1.82, 2.24) is 26.0 Å². The Balaban J connectivity index is 1.22. The van der Waals surface area contributed by atoms with Crippen LogP contribution in [-0.4, -0.2) is 46.9 Å². The van der Waals surface area contributed by atoms with Crippen LogP contribution in [-0.2, 0) is 29.2 Å². The van der Waals surface area contributed by atoms with Gasteiger partial charge in [-0.3, -0.25) is 19.7 Å². The average molecular weight is 438 g/mol. The van der Waals surface area contributed by atoms with Gasteiger partial charge in [-0.2, -0.15) is 0 Å². The molecule has 9 heteroatoms. The summed E-state index contributed by atoms with van der Waals surface area (Å²) in [4.78, 5) is 38.5. The van der Waals surface area contributed by atoms with Gasteiger partial charge in [-0.15, -0.1) is 0 Å². The molecular formula is C23H27N5O4. The molecule has 1 unspecified atom stereocenters. The van der Waals surface area contributed by atoms with Crippen LogP contribution in [0.4, 0.5) is 0 Å². The molecule has 1 aromatic heterocycles. The Morgan fingerprint density at radius 1 is 1.12 bits per heavy atom. The molecule has 1 atom stereocenters. The van der Waals surface area contributed by atoms with Crippen LogP contribution in [0, 0.1) is 0 Å². The summed E-state index contributed by atoms with van der Waals surface area (Å²) >= 11 is 0. The van der Waals surface area contributed by atoms with Gasteiger partial charge in [0.25, 0.3) is 5.91 Å². The van der Waals surface area contributed by atoms with Crippen molar-refractivity contribution in [3.63, 3.8) is 0 Å². The Morgan fingerprint density at radius 3 is 2.78 bits per heavy atom. The van der Waals surface area contributed by atoms with E-state index in [1.807, 2.05) is 24.3 Å². The van der Waals surface area contributed by atoms with E-state index in [1.165, 1.54) is 0 Å². The smallest absolute Gasteiger partial charge is 0.255 e. The summed E-state index contributed by atoms with van der Waals surface area (Å²) in [6, 6.07) is 7.20. The third-order valence-electron chi connectivity index (χ3n) is 6.59. The molecule has 3 aliphatic heterocycles. The quantitative estimate of drug-likeness (QED) is 0.581. The Bertz CT molecular complexity index is 1040. The third kappa shape index (κ3) is 4.05. The topological polar surface area (TPSA) is 117 Å². The van der Waals surface area contributed by atoms with Crippen LogP contribution in [0.5, 0.6) is 0 Å². The molecular weight excluding hydrogens is 410 g/mol. The minimum atomic E-state index is -0.601. The maximum absolute atomic E-state index is 13.2. The second-order valence-electron chi connectivity index (χ2n) is 8.70. The first kappa shape index (κ1) is 20.8. The second kappa shape index (κ2) is 8.84. The van der Waals surface area contributed by atoms with E-state index < -0.39 is 11.9 Å². The van der Waals surface area contributed by atoms with E-state index in [4.69, 9.17) is 4.52 Å². The minimum Gasteiger partial charge on any atom is -0.360 e. The van der Waals surface area contributed by atoms with Crippen molar-refractivity contribution in [3.05, 3.63) is 52.4 Å². The SMILES string of the molecule is O=C1CCC(N2Cc3cccc(CNCc4cc(C5CCNCC5)no4)c3C2=O)C(=O)N1. The molecule has 0 saturated carbocycles. The zero-order valence-corrected chi connectivity index (χ0v) is 17.9. The van der Waals surface area contributed by atoms with Gasteiger partial charge in [-0.05, 0) is 43.5 Å².